The van der Waals surface area contributed by atoms with Gasteiger partial charge in [-0.25, -0.2) is 14.5 Å². The van der Waals surface area contributed by atoms with Gasteiger partial charge in [-0.2, -0.15) is 4.99 Å². The Balaban J connectivity index is 1.37. The number of anilines is 2. The van der Waals surface area contributed by atoms with Crippen LogP contribution in [0.5, 0.6) is 5.75 Å². The zero-order chi connectivity index (χ0) is 26.6. The molecule has 2 amide bonds. The van der Waals surface area contributed by atoms with Crippen molar-refractivity contribution >= 4 is 58.4 Å². The number of alkyl halides is 3. The molecule has 1 aromatic heterocycles. The van der Waals surface area contributed by atoms with E-state index in [-0.39, 0.29) is 10.9 Å². The lowest BCUT2D eigenvalue weighted by Crippen LogP contribution is -2.17. The second-order valence-corrected chi connectivity index (χ2v) is 8.51. The van der Waals surface area contributed by atoms with Gasteiger partial charge in [0.1, 0.15) is 12.1 Å². The molecule has 0 bridgehead atoms. The van der Waals surface area contributed by atoms with Crippen LogP contribution in [0.2, 0.25) is 10.0 Å². The molecule has 2 N–H and O–H groups in total. The van der Waals surface area contributed by atoms with Crippen LogP contribution in [0.25, 0.3) is 17.1 Å². The second-order valence-electron chi connectivity index (χ2n) is 7.25. The highest BCUT2D eigenvalue weighted by Gasteiger charge is 2.31. The van der Waals surface area contributed by atoms with Gasteiger partial charge in [0.25, 0.3) is 0 Å². The Labute approximate surface area is 223 Å². The molecule has 0 aliphatic rings. The van der Waals surface area contributed by atoms with Gasteiger partial charge in [0.05, 0.1) is 16.4 Å². The molecule has 0 atom stereocenters. The predicted octanol–water partition coefficient (Wildman–Crippen LogP) is 7.07. The number of aliphatic imine (C=N–C) groups is 1. The van der Waals surface area contributed by atoms with Gasteiger partial charge in [0, 0.05) is 16.3 Å². The monoisotopic (exact) mass is 566 g/mol. The fourth-order valence-electron chi connectivity index (χ4n) is 3.01. The number of urea groups is 1. The van der Waals surface area contributed by atoms with Gasteiger partial charge in [-0.05, 0) is 66.7 Å². The van der Waals surface area contributed by atoms with Crippen LogP contribution in [0.15, 0.2) is 78.0 Å². The number of amides is 2. The number of amidine groups is 1. The van der Waals surface area contributed by atoms with E-state index < -0.39 is 12.4 Å². The third-order valence-corrected chi connectivity index (χ3v) is 5.37. The Bertz CT molecular complexity index is 1440. The summed E-state index contributed by atoms with van der Waals surface area (Å²) < 4.78 is 42.2. The summed E-state index contributed by atoms with van der Waals surface area (Å²) >= 11 is 16.1. The van der Waals surface area contributed by atoms with Crippen LogP contribution < -0.4 is 15.4 Å². The minimum absolute atomic E-state index is 0.0195. The topological polar surface area (TPSA) is 93.4 Å². The molecule has 4 aromatic rings. The fourth-order valence-corrected chi connectivity index (χ4v) is 3.68. The molecule has 0 aliphatic carbocycles. The van der Waals surface area contributed by atoms with Gasteiger partial charge < -0.3 is 15.4 Å². The first-order valence-corrected chi connectivity index (χ1v) is 11.4. The van der Waals surface area contributed by atoms with Crippen LogP contribution in [0.1, 0.15) is 0 Å². The molecule has 0 saturated heterocycles. The van der Waals surface area contributed by atoms with E-state index in [1.54, 1.807) is 36.4 Å². The summed E-state index contributed by atoms with van der Waals surface area (Å²) in [4.78, 5) is 20.3. The van der Waals surface area contributed by atoms with Crippen molar-refractivity contribution in [2.24, 2.45) is 4.99 Å². The maximum absolute atomic E-state index is 12.3. The smallest absolute Gasteiger partial charge is 0.406 e. The van der Waals surface area contributed by atoms with E-state index in [0.29, 0.717) is 38.5 Å². The molecule has 0 spiro atoms. The molecule has 190 valence electrons. The van der Waals surface area contributed by atoms with Crippen LogP contribution in [-0.4, -0.2) is 32.3 Å². The van der Waals surface area contributed by atoms with Gasteiger partial charge in [-0.3, -0.25) is 0 Å². The number of ether oxygens (including phenoxy) is 1. The third-order valence-electron chi connectivity index (χ3n) is 4.61. The first-order valence-electron chi connectivity index (χ1n) is 10.2. The highest BCUT2D eigenvalue weighted by molar-refractivity contribution is 7.97. The number of nitrogens with one attached hydrogen (secondary N) is 2. The zero-order valence-electron chi connectivity index (χ0n) is 18.4. The molecule has 3 aromatic carbocycles. The lowest BCUT2D eigenvalue weighted by atomic mass is 10.2. The minimum Gasteiger partial charge on any atom is -0.406 e. The van der Waals surface area contributed by atoms with Crippen LogP contribution >= 0.6 is 35.8 Å². The Morgan fingerprint density at radius 2 is 1.70 bits per heavy atom. The number of hydrogen-bond acceptors (Lipinski definition) is 4. The van der Waals surface area contributed by atoms with Crippen LogP contribution in [0, 0.1) is 0 Å². The summed E-state index contributed by atoms with van der Waals surface area (Å²) in [5.41, 5.74) is 2.08. The van der Waals surface area contributed by atoms with Gasteiger partial charge in [-0.15, -0.1) is 30.9 Å². The first-order chi connectivity index (χ1) is 17.6. The number of benzene rings is 3. The van der Waals surface area contributed by atoms with E-state index >= 15 is 0 Å². The average molecular weight is 567 g/mol. The summed E-state index contributed by atoms with van der Waals surface area (Å²) in [6, 6.07) is 16.0. The SMILES string of the molecule is O=C(/N=C(\S)Nc1ccc(Cl)cc1Cl)Nc1ccc(-c2ncn(-c3ccc(OC(F)(F)F)cc3)n2)cc1. The number of nitrogens with zero attached hydrogens (tertiary/aromatic N) is 4. The maximum Gasteiger partial charge on any atom is 0.573 e. The number of rotatable bonds is 5. The number of carbonyl (C=O) groups is 1. The Hall–Kier alpha value is -3.74. The van der Waals surface area contributed by atoms with Gasteiger partial charge in [0.15, 0.2) is 11.0 Å². The standard InChI is InChI=1S/C23H15Cl2F3N6O2S/c24-14-3-10-19(18(25)11-14)31-22(37)32-21(35)30-15-4-1-13(2-5-15)20-29-12-34(33-20)16-6-8-17(9-7-16)36-23(26,27)28/h1-12H,(H3,30,31,32,35,37). The van der Waals surface area contributed by atoms with E-state index in [1.165, 1.54) is 41.3 Å². The Morgan fingerprint density at radius 1 is 1.00 bits per heavy atom. The highest BCUT2D eigenvalue weighted by Crippen LogP contribution is 2.26. The van der Waals surface area contributed by atoms with Crippen LogP contribution in [0.4, 0.5) is 29.3 Å². The lowest BCUT2D eigenvalue weighted by molar-refractivity contribution is -0.274. The predicted molar refractivity (Wildman–Crippen MR) is 139 cm³/mol. The molecule has 4 rings (SSSR count). The van der Waals surface area contributed by atoms with Crippen molar-refractivity contribution in [2.45, 2.75) is 6.36 Å². The number of carbonyl (C=O) groups excluding carboxylic acids is 1. The molecular formula is C23H15Cl2F3N6O2S. The molecule has 0 unspecified atom stereocenters. The molecule has 0 fully saturated rings. The number of aromatic nitrogens is 3. The highest BCUT2D eigenvalue weighted by atomic mass is 35.5. The minimum atomic E-state index is -4.77. The van der Waals surface area contributed by atoms with E-state index in [0.717, 1.165) is 0 Å². The van der Waals surface area contributed by atoms with Crippen LogP contribution in [0.3, 0.4) is 0 Å². The second kappa shape index (κ2) is 11.1. The third kappa shape index (κ3) is 7.38. The molecule has 8 nitrogen and oxygen atoms in total. The molecule has 14 heteroatoms. The molecule has 0 radical (unpaired) electrons. The van der Waals surface area contributed by atoms with Crippen molar-refractivity contribution in [3.63, 3.8) is 0 Å². The number of halogens is 5. The van der Waals surface area contributed by atoms with Crippen molar-refractivity contribution in [1.82, 2.24) is 14.8 Å². The maximum atomic E-state index is 12.3. The quantitative estimate of drug-likeness (QED) is 0.136. The molecule has 0 saturated carbocycles. The van der Waals surface area contributed by atoms with E-state index in [2.05, 4.69) is 43.1 Å². The average Bonchev–Trinajstić information content (AvgIpc) is 3.31. The summed E-state index contributed by atoms with van der Waals surface area (Å²) in [5.74, 6) is 0.0290. The van der Waals surface area contributed by atoms with Crippen molar-refractivity contribution in [3.8, 4) is 22.8 Å². The van der Waals surface area contributed by atoms with Crippen LogP contribution in [-0.2, 0) is 0 Å². The van der Waals surface area contributed by atoms with Gasteiger partial charge in [0.2, 0.25) is 0 Å². The lowest BCUT2D eigenvalue weighted by Gasteiger charge is -2.09. The Morgan fingerprint density at radius 3 is 2.35 bits per heavy atom. The van der Waals surface area contributed by atoms with E-state index in [4.69, 9.17) is 23.2 Å². The molecule has 1 heterocycles. The number of thiol groups is 1. The fraction of sp³-hybridized carbons (Fsp3) is 0.0435. The molecular weight excluding hydrogens is 552 g/mol. The summed E-state index contributed by atoms with van der Waals surface area (Å²) in [7, 11) is 0. The van der Waals surface area contributed by atoms with E-state index in [1.807, 2.05) is 0 Å². The van der Waals surface area contributed by atoms with Crippen molar-refractivity contribution in [1.29, 1.82) is 0 Å². The normalized spacial score (nSPS) is 11.8. The zero-order valence-corrected chi connectivity index (χ0v) is 20.8. The van der Waals surface area contributed by atoms with Crippen molar-refractivity contribution in [2.75, 3.05) is 10.6 Å². The number of hydrogen-bond donors (Lipinski definition) is 3. The molecule has 0 aliphatic heterocycles. The first kappa shape index (κ1) is 26.3. The van der Waals surface area contributed by atoms with Gasteiger partial charge >= 0.3 is 12.4 Å². The van der Waals surface area contributed by atoms with Crippen molar-refractivity contribution in [3.05, 3.63) is 83.1 Å². The van der Waals surface area contributed by atoms with Crippen molar-refractivity contribution < 1.29 is 22.7 Å². The summed E-state index contributed by atoms with van der Waals surface area (Å²) in [6.45, 7) is 0. The van der Waals surface area contributed by atoms with E-state index in [9.17, 15) is 18.0 Å². The largest absolute Gasteiger partial charge is 0.573 e. The molecule has 37 heavy (non-hydrogen) atoms. The summed E-state index contributed by atoms with van der Waals surface area (Å²) in [5, 5.41) is 10.6. The summed E-state index contributed by atoms with van der Waals surface area (Å²) in [6.07, 6.45) is -3.34. The Kier molecular flexibility index (Phi) is 7.91. The van der Waals surface area contributed by atoms with Gasteiger partial charge in [-0.1, -0.05) is 23.2 Å².